The Morgan fingerprint density at radius 2 is 1.75 bits per heavy atom. The minimum atomic E-state index is -0.392. The minimum Gasteiger partial charge on any atom is -0.342 e. The lowest BCUT2D eigenvalue weighted by molar-refractivity contribution is -0.141. The minimum absolute atomic E-state index is 0.197. The number of hydrogen-bond acceptors (Lipinski definition) is 3. The van der Waals surface area contributed by atoms with E-state index in [9.17, 15) is 9.59 Å². The summed E-state index contributed by atoms with van der Waals surface area (Å²) in [5.74, 6) is 0.767. The van der Waals surface area contributed by atoms with Gasteiger partial charge in [0.05, 0.1) is 5.41 Å². The number of fused-ring (bicyclic) bond motifs is 1. The lowest BCUT2D eigenvalue weighted by Gasteiger charge is -2.33. The molecule has 28 heavy (non-hydrogen) atoms. The quantitative estimate of drug-likeness (QED) is 0.784. The summed E-state index contributed by atoms with van der Waals surface area (Å²) < 4.78 is 0. The summed E-state index contributed by atoms with van der Waals surface area (Å²) in [5.41, 5.74) is 0.806. The summed E-state index contributed by atoms with van der Waals surface area (Å²) in [6.45, 7) is 9.25. The fraction of sp³-hybridized carbons (Fsp3) is 0.652. The molecule has 2 amide bonds. The number of benzene rings is 1. The zero-order valence-electron chi connectivity index (χ0n) is 17.3. The van der Waals surface area contributed by atoms with E-state index in [1.165, 1.54) is 5.56 Å². The van der Waals surface area contributed by atoms with Crippen LogP contribution in [0.25, 0.3) is 0 Å². The van der Waals surface area contributed by atoms with Gasteiger partial charge in [0.2, 0.25) is 11.8 Å². The van der Waals surface area contributed by atoms with Crippen LogP contribution in [0.2, 0.25) is 0 Å². The molecule has 0 saturated carbocycles. The highest BCUT2D eigenvalue weighted by atomic mass is 16.2. The molecule has 4 rings (SSSR count). The summed E-state index contributed by atoms with van der Waals surface area (Å²) in [4.78, 5) is 33.0. The van der Waals surface area contributed by atoms with E-state index in [4.69, 9.17) is 0 Å². The number of aryl methyl sites for hydroxylation is 1. The Hall–Kier alpha value is -1.88. The highest BCUT2D eigenvalue weighted by Gasteiger charge is 2.59. The summed E-state index contributed by atoms with van der Waals surface area (Å²) in [6, 6.07) is 10.6. The molecule has 3 fully saturated rings. The van der Waals surface area contributed by atoms with E-state index in [1.54, 1.807) is 0 Å². The highest BCUT2D eigenvalue weighted by Crippen LogP contribution is 2.45. The fourth-order valence-electron chi connectivity index (χ4n) is 5.28. The van der Waals surface area contributed by atoms with E-state index < -0.39 is 5.41 Å². The molecule has 0 bridgehead atoms. The van der Waals surface area contributed by atoms with Crippen molar-refractivity contribution in [1.29, 1.82) is 0 Å². The summed E-state index contributed by atoms with van der Waals surface area (Å²) in [7, 11) is 0. The molecule has 0 radical (unpaired) electrons. The van der Waals surface area contributed by atoms with Crippen molar-refractivity contribution in [2.45, 2.75) is 45.6 Å². The van der Waals surface area contributed by atoms with Gasteiger partial charge in [-0.15, -0.1) is 0 Å². The number of carbonyl (C=O) groups is 2. The molecule has 2 atom stereocenters. The third-order valence-electron chi connectivity index (χ3n) is 7.01. The standard InChI is InChI=1S/C23H33N3O2/c1-18(2)25-14-20-15-26(21(27)11-10-19-8-4-3-5-9-19)17-23(20,16-25)22(28)24-12-6-7-13-24/h3-5,8-9,18,20H,6-7,10-17H2,1-2H3/t20-,23-/m0/s1. The SMILES string of the molecule is CC(C)N1C[C@H]2CN(C(=O)CCc3ccccc3)C[C@@]2(C(=O)N2CCCC2)C1. The van der Waals surface area contributed by atoms with Crippen molar-refractivity contribution in [2.75, 3.05) is 39.3 Å². The van der Waals surface area contributed by atoms with Crippen molar-refractivity contribution >= 4 is 11.8 Å². The molecule has 152 valence electrons. The van der Waals surface area contributed by atoms with E-state index in [1.807, 2.05) is 23.1 Å². The number of nitrogens with zero attached hydrogens (tertiary/aromatic N) is 3. The Bertz CT molecular complexity index is 714. The smallest absolute Gasteiger partial charge is 0.232 e. The van der Waals surface area contributed by atoms with Gasteiger partial charge in [0.15, 0.2) is 0 Å². The van der Waals surface area contributed by atoms with Gasteiger partial charge in [0, 0.05) is 57.6 Å². The van der Waals surface area contributed by atoms with Gasteiger partial charge in [0.25, 0.3) is 0 Å². The number of hydrogen-bond donors (Lipinski definition) is 0. The molecule has 3 heterocycles. The van der Waals surface area contributed by atoms with Crippen LogP contribution in [-0.4, -0.2) is 71.8 Å². The Morgan fingerprint density at radius 3 is 2.43 bits per heavy atom. The molecule has 3 saturated heterocycles. The molecule has 3 aliphatic rings. The van der Waals surface area contributed by atoms with Gasteiger partial charge >= 0.3 is 0 Å². The van der Waals surface area contributed by atoms with Gasteiger partial charge in [-0.05, 0) is 38.7 Å². The van der Waals surface area contributed by atoms with Crippen LogP contribution in [0.4, 0.5) is 0 Å². The van der Waals surface area contributed by atoms with Gasteiger partial charge in [0.1, 0.15) is 0 Å². The number of amides is 2. The van der Waals surface area contributed by atoms with Crippen LogP contribution in [0.5, 0.6) is 0 Å². The predicted octanol–water partition coefficient (Wildman–Crippen LogP) is 2.41. The van der Waals surface area contributed by atoms with Crippen molar-refractivity contribution in [1.82, 2.24) is 14.7 Å². The molecular weight excluding hydrogens is 350 g/mol. The van der Waals surface area contributed by atoms with E-state index in [2.05, 4.69) is 35.8 Å². The maximum atomic E-state index is 13.5. The van der Waals surface area contributed by atoms with Gasteiger partial charge in [-0.2, -0.15) is 0 Å². The Balaban J connectivity index is 1.46. The zero-order chi connectivity index (χ0) is 19.7. The Labute approximate surface area is 168 Å². The molecule has 0 spiro atoms. The molecule has 1 aromatic rings. The summed E-state index contributed by atoms with van der Waals surface area (Å²) >= 11 is 0. The molecule has 0 unspecified atom stereocenters. The Morgan fingerprint density at radius 1 is 1.04 bits per heavy atom. The Kier molecular flexibility index (Phi) is 5.46. The maximum Gasteiger partial charge on any atom is 0.232 e. The van der Waals surface area contributed by atoms with Crippen molar-refractivity contribution in [2.24, 2.45) is 11.3 Å². The molecule has 3 aliphatic heterocycles. The molecule has 0 aliphatic carbocycles. The van der Waals surface area contributed by atoms with E-state index in [-0.39, 0.29) is 11.8 Å². The normalized spacial score (nSPS) is 27.6. The molecule has 0 aromatic heterocycles. The second-order valence-corrected chi connectivity index (χ2v) is 9.14. The second kappa shape index (κ2) is 7.86. The lowest BCUT2D eigenvalue weighted by Crippen LogP contribution is -2.49. The van der Waals surface area contributed by atoms with E-state index >= 15 is 0 Å². The van der Waals surface area contributed by atoms with Gasteiger partial charge in [-0.3, -0.25) is 14.5 Å². The van der Waals surface area contributed by atoms with Gasteiger partial charge in [-0.1, -0.05) is 30.3 Å². The van der Waals surface area contributed by atoms with Crippen LogP contribution in [0.15, 0.2) is 30.3 Å². The number of rotatable bonds is 5. The first-order valence-electron chi connectivity index (χ1n) is 10.8. The average Bonchev–Trinajstić information content (AvgIpc) is 3.40. The third kappa shape index (κ3) is 3.57. The lowest BCUT2D eigenvalue weighted by atomic mass is 9.79. The zero-order valence-corrected chi connectivity index (χ0v) is 17.3. The third-order valence-corrected chi connectivity index (χ3v) is 7.01. The van der Waals surface area contributed by atoms with Crippen LogP contribution in [0.3, 0.4) is 0 Å². The van der Waals surface area contributed by atoms with Crippen LogP contribution in [0.1, 0.15) is 38.7 Å². The topological polar surface area (TPSA) is 43.9 Å². The first kappa shape index (κ1) is 19.4. The van der Waals surface area contributed by atoms with Crippen LogP contribution in [0, 0.1) is 11.3 Å². The average molecular weight is 384 g/mol. The van der Waals surface area contributed by atoms with Crippen molar-refractivity contribution in [3.63, 3.8) is 0 Å². The molecule has 5 heteroatoms. The van der Waals surface area contributed by atoms with Gasteiger partial charge < -0.3 is 9.80 Å². The van der Waals surface area contributed by atoms with Crippen molar-refractivity contribution < 1.29 is 9.59 Å². The van der Waals surface area contributed by atoms with Crippen LogP contribution in [-0.2, 0) is 16.0 Å². The van der Waals surface area contributed by atoms with Gasteiger partial charge in [-0.25, -0.2) is 0 Å². The summed E-state index contributed by atoms with van der Waals surface area (Å²) in [6.07, 6.45) is 3.52. The largest absolute Gasteiger partial charge is 0.342 e. The monoisotopic (exact) mass is 383 g/mol. The molecule has 0 N–H and O–H groups in total. The van der Waals surface area contributed by atoms with E-state index in [0.29, 0.717) is 24.9 Å². The predicted molar refractivity (Wildman–Crippen MR) is 110 cm³/mol. The first-order valence-corrected chi connectivity index (χ1v) is 10.8. The highest BCUT2D eigenvalue weighted by molar-refractivity contribution is 5.87. The number of carbonyl (C=O) groups excluding carboxylic acids is 2. The maximum absolute atomic E-state index is 13.5. The second-order valence-electron chi connectivity index (χ2n) is 9.14. The van der Waals surface area contributed by atoms with Crippen LogP contribution < -0.4 is 0 Å². The number of likely N-dealkylation sites (tertiary alicyclic amines) is 3. The van der Waals surface area contributed by atoms with Crippen molar-refractivity contribution in [3.05, 3.63) is 35.9 Å². The van der Waals surface area contributed by atoms with Crippen LogP contribution >= 0.6 is 0 Å². The summed E-state index contributed by atoms with van der Waals surface area (Å²) in [5, 5.41) is 0. The van der Waals surface area contributed by atoms with Crippen molar-refractivity contribution in [3.8, 4) is 0 Å². The molecule has 5 nitrogen and oxygen atoms in total. The van der Waals surface area contributed by atoms with E-state index in [0.717, 1.165) is 52.0 Å². The molecule has 1 aromatic carbocycles. The molecular formula is C23H33N3O2. The fourth-order valence-corrected chi connectivity index (χ4v) is 5.28. The first-order chi connectivity index (χ1) is 13.5.